The van der Waals surface area contributed by atoms with Crippen molar-refractivity contribution in [2.45, 2.75) is 58.8 Å². The Labute approximate surface area is 106 Å². The molecule has 1 saturated carbocycles. The van der Waals surface area contributed by atoms with Gasteiger partial charge in [-0.05, 0) is 32.2 Å². The number of carbonyl (C=O) groups excluding carboxylic acids is 1. The van der Waals surface area contributed by atoms with Crippen LogP contribution < -0.4 is 5.73 Å². The molecule has 17 heavy (non-hydrogen) atoms. The first-order valence-electron chi connectivity index (χ1n) is 7.13. The van der Waals surface area contributed by atoms with E-state index < -0.39 is 0 Å². The maximum absolute atomic E-state index is 12.6. The van der Waals surface area contributed by atoms with E-state index in [0.29, 0.717) is 12.5 Å². The van der Waals surface area contributed by atoms with Crippen molar-refractivity contribution in [2.75, 3.05) is 19.6 Å². The summed E-state index contributed by atoms with van der Waals surface area (Å²) in [6, 6.07) is 0. The quantitative estimate of drug-likeness (QED) is 0.775. The average molecular weight is 240 g/mol. The predicted octanol–water partition coefficient (Wildman–Crippen LogP) is 2.54. The molecule has 0 aromatic rings. The van der Waals surface area contributed by atoms with Gasteiger partial charge in [-0.25, -0.2) is 0 Å². The highest BCUT2D eigenvalue weighted by Gasteiger charge is 2.37. The second kappa shape index (κ2) is 7.00. The van der Waals surface area contributed by atoms with Crippen LogP contribution in [0.1, 0.15) is 58.8 Å². The predicted molar refractivity (Wildman–Crippen MR) is 71.7 cm³/mol. The van der Waals surface area contributed by atoms with Crippen LogP contribution in [0.15, 0.2) is 0 Å². The van der Waals surface area contributed by atoms with E-state index in [1.54, 1.807) is 0 Å². The molecule has 3 heteroatoms. The second-order valence-corrected chi connectivity index (χ2v) is 5.56. The van der Waals surface area contributed by atoms with Crippen molar-refractivity contribution in [1.29, 1.82) is 0 Å². The molecule has 0 unspecified atom stereocenters. The van der Waals surface area contributed by atoms with E-state index in [-0.39, 0.29) is 5.41 Å². The van der Waals surface area contributed by atoms with Gasteiger partial charge in [0, 0.05) is 18.5 Å². The van der Waals surface area contributed by atoms with Crippen LogP contribution in [-0.4, -0.2) is 30.4 Å². The van der Waals surface area contributed by atoms with E-state index in [0.717, 1.165) is 38.8 Å². The molecule has 0 bridgehead atoms. The zero-order chi connectivity index (χ0) is 12.7. The summed E-state index contributed by atoms with van der Waals surface area (Å²) in [6.07, 6.45) is 7.79. The van der Waals surface area contributed by atoms with E-state index in [4.69, 9.17) is 5.73 Å². The third kappa shape index (κ3) is 3.98. The molecule has 0 radical (unpaired) electrons. The van der Waals surface area contributed by atoms with Crippen LogP contribution in [0.3, 0.4) is 0 Å². The van der Waals surface area contributed by atoms with Gasteiger partial charge in [-0.1, -0.05) is 33.1 Å². The normalized spacial score (nSPS) is 19.0. The van der Waals surface area contributed by atoms with Crippen LogP contribution in [-0.2, 0) is 4.79 Å². The van der Waals surface area contributed by atoms with E-state index in [2.05, 4.69) is 13.8 Å². The molecule has 0 saturated heterocycles. The van der Waals surface area contributed by atoms with E-state index in [1.807, 2.05) is 4.90 Å². The molecule has 1 rings (SSSR count). The number of amides is 1. The second-order valence-electron chi connectivity index (χ2n) is 5.56. The Bertz CT molecular complexity index is 234. The Morgan fingerprint density at radius 3 is 2.41 bits per heavy atom. The minimum Gasteiger partial charge on any atom is -0.342 e. The molecule has 1 aliphatic rings. The first kappa shape index (κ1) is 14.5. The maximum atomic E-state index is 12.6. The molecular formula is C14H28N2O. The smallest absolute Gasteiger partial charge is 0.228 e. The van der Waals surface area contributed by atoms with Crippen molar-refractivity contribution in [3.05, 3.63) is 0 Å². The van der Waals surface area contributed by atoms with Gasteiger partial charge in [-0.3, -0.25) is 4.79 Å². The van der Waals surface area contributed by atoms with Gasteiger partial charge in [0.05, 0.1) is 0 Å². The SMILES string of the molecule is CCCN(CCCN)C(=O)C1(C)CCCCC1. The molecule has 3 nitrogen and oxygen atoms in total. The van der Waals surface area contributed by atoms with Crippen LogP contribution in [0.4, 0.5) is 0 Å². The number of nitrogens with zero attached hydrogens (tertiary/aromatic N) is 1. The largest absolute Gasteiger partial charge is 0.342 e. The molecule has 100 valence electrons. The number of carbonyl (C=O) groups is 1. The molecular weight excluding hydrogens is 212 g/mol. The molecule has 0 aliphatic heterocycles. The minimum absolute atomic E-state index is 0.0952. The minimum atomic E-state index is -0.0952. The van der Waals surface area contributed by atoms with Crippen LogP contribution in [0, 0.1) is 5.41 Å². The standard InChI is InChI=1S/C14H28N2O/c1-3-11-16(12-7-10-15)13(17)14(2)8-5-4-6-9-14/h3-12,15H2,1-2H3. The summed E-state index contributed by atoms with van der Waals surface area (Å²) in [5.74, 6) is 0.368. The Morgan fingerprint density at radius 1 is 1.24 bits per heavy atom. The fourth-order valence-electron chi connectivity index (χ4n) is 2.79. The van der Waals surface area contributed by atoms with Crippen LogP contribution >= 0.6 is 0 Å². The van der Waals surface area contributed by atoms with Crippen molar-refractivity contribution in [2.24, 2.45) is 11.1 Å². The summed E-state index contributed by atoms with van der Waals surface area (Å²) >= 11 is 0. The highest BCUT2D eigenvalue weighted by atomic mass is 16.2. The molecule has 0 spiro atoms. The Hall–Kier alpha value is -0.570. The molecule has 2 N–H and O–H groups in total. The Balaban J connectivity index is 2.61. The first-order chi connectivity index (χ1) is 8.14. The fourth-order valence-corrected chi connectivity index (χ4v) is 2.79. The van der Waals surface area contributed by atoms with Gasteiger partial charge in [-0.15, -0.1) is 0 Å². The van der Waals surface area contributed by atoms with Crippen molar-refractivity contribution in [3.63, 3.8) is 0 Å². The lowest BCUT2D eigenvalue weighted by atomic mass is 9.74. The van der Waals surface area contributed by atoms with Crippen molar-refractivity contribution < 1.29 is 4.79 Å². The Kier molecular flexibility index (Phi) is 5.96. The summed E-state index contributed by atoms with van der Waals surface area (Å²) in [5.41, 5.74) is 5.45. The van der Waals surface area contributed by atoms with Crippen molar-refractivity contribution in [3.8, 4) is 0 Å². The van der Waals surface area contributed by atoms with Gasteiger partial charge >= 0.3 is 0 Å². The van der Waals surface area contributed by atoms with Gasteiger partial charge in [0.1, 0.15) is 0 Å². The monoisotopic (exact) mass is 240 g/mol. The van der Waals surface area contributed by atoms with E-state index >= 15 is 0 Å². The molecule has 1 amide bonds. The highest BCUT2D eigenvalue weighted by Crippen LogP contribution is 2.37. The fraction of sp³-hybridized carbons (Fsp3) is 0.929. The number of nitrogens with two attached hydrogens (primary N) is 1. The van der Waals surface area contributed by atoms with Crippen molar-refractivity contribution in [1.82, 2.24) is 4.90 Å². The molecule has 0 atom stereocenters. The third-order valence-electron chi connectivity index (χ3n) is 3.89. The van der Waals surface area contributed by atoms with Gasteiger partial charge in [0.25, 0.3) is 0 Å². The topological polar surface area (TPSA) is 46.3 Å². The maximum Gasteiger partial charge on any atom is 0.228 e. The lowest BCUT2D eigenvalue weighted by Gasteiger charge is -2.37. The van der Waals surface area contributed by atoms with Crippen LogP contribution in [0.25, 0.3) is 0 Å². The first-order valence-corrected chi connectivity index (χ1v) is 7.13. The Morgan fingerprint density at radius 2 is 1.88 bits per heavy atom. The summed E-state index contributed by atoms with van der Waals surface area (Å²) in [7, 11) is 0. The summed E-state index contributed by atoms with van der Waals surface area (Å²) < 4.78 is 0. The summed E-state index contributed by atoms with van der Waals surface area (Å²) in [4.78, 5) is 14.6. The van der Waals surface area contributed by atoms with E-state index in [9.17, 15) is 4.79 Å². The zero-order valence-corrected chi connectivity index (χ0v) is 11.5. The van der Waals surface area contributed by atoms with Crippen LogP contribution in [0.5, 0.6) is 0 Å². The van der Waals surface area contributed by atoms with Gasteiger partial charge in [0.2, 0.25) is 5.91 Å². The van der Waals surface area contributed by atoms with Crippen LogP contribution in [0.2, 0.25) is 0 Å². The van der Waals surface area contributed by atoms with E-state index in [1.165, 1.54) is 19.3 Å². The average Bonchev–Trinajstić information content (AvgIpc) is 2.34. The molecule has 0 aromatic carbocycles. The molecule has 1 aliphatic carbocycles. The van der Waals surface area contributed by atoms with Crippen molar-refractivity contribution >= 4 is 5.91 Å². The van der Waals surface area contributed by atoms with Gasteiger partial charge < -0.3 is 10.6 Å². The van der Waals surface area contributed by atoms with Gasteiger partial charge in [-0.2, -0.15) is 0 Å². The lowest BCUT2D eigenvalue weighted by Crippen LogP contribution is -2.44. The zero-order valence-electron chi connectivity index (χ0n) is 11.5. The third-order valence-corrected chi connectivity index (χ3v) is 3.89. The molecule has 0 heterocycles. The number of rotatable bonds is 6. The summed E-state index contributed by atoms with van der Waals surface area (Å²) in [6.45, 7) is 6.67. The molecule has 0 aromatic heterocycles. The summed E-state index contributed by atoms with van der Waals surface area (Å²) in [5, 5.41) is 0. The number of hydrogen-bond donors (Lipinski definition) is 1. The highest BCUT2D eigenvalue weighted by molar-refractivity contribution is 5.82. The number of hydrogen-bond acceptors (Lipinski definition) is 2. The molecule has 1 fully saturated rings. The van der Waals surface area contributed by atoms with Gasteiger partial charge in [0.15, 0.2) is 0 Å². The lowest BCUT2D eigenvalue weighted by molar-refractivity contribution is -0.143.